The average molecular weight is 366 g/mol. The molecule has 1 aromatic heterocycles. The molecule has 2 nitrogen and oxygen atoms in total. The van der Waals surface area contributed by atoms with Crippen LogP contribution in [0.25, 0.3) is 5.57 Å². The molecule has 0 amide bonds. The molecule has 0 aliphatic carbocycles. The van der Waals surface area contributed by atoms with Crippen molar-refractivity contribution < 1.29 is 8.80 Å². The van der Waals surface area contributed by atoms with Gasteiger partial charge in [0.1, 0.15) is 10.2 Å². The van der Waals surface area contributed by atoms with Gasteiger partial charge < -0.3 is 0 Å². The third kappa shape index (κ3) is 2.13. The zero-order valence-electron chi connectivity index (χ0n) is 12.0. The second-order valence-corrected chi connectivity index (χ2v) is 6.65. The smallest absolute Gasteiger partial charge is 0.276 e. The summed E-state index contributed by atoms with van der Waals surface area (Å²) < 4.78 is 17.7. The van der Waals surface area contributed by atoms with Gasteiger partial charge in [-0.25, -0.2) is 8.80 Å². The molecule has 23 heavy (non-hydrogen) atoms. The monoisotopic (exact) mass is 365 g/mol. The maximum absolute atomic E-state index is 15.0. The first-order chi connectivity index (χ1) is 11.0. The van der Waals surface area contributed by atoms with Crippen molar-refractivity contribution in [2.45, 2.75) is 6.92 Å². The standard InChI is InChI=1S/C16H10BCl3FN2/c1-9-2-4-10(5-3-9)15-12-6-7-14(19)22(12)17(21)23-13(15)8-11(18)16(23)20/h2-8H,1H3/q+1. The quantitative estimate of drug-likeness (QED) is 0.640. The molecule has 0 saturated heterocycles. The van der Waals surface area contributed by atoms with Crippen LogP contribution >= 0.6 is 34.8 Å². The summed E-state index contributed by atoms with van der Waals surface area (Å²) in [6.07, 6.45) is 1.69. The first-order valence-electron chi connectivity index (χ1n) is 7.01. The molecule has 1 aromatic carbocycles. The van der Waals surface area contributed by atoms with Crippen molar-refractivity contribution in [3.05, 3.63) is 75.2 Å². The Morgan fingerprint density at radius 2 is 1.74 bits per heavy atom. The van der Waals surface area contributed by atoms with Crippen molar-refractivity contribution in [1.82, 2.24) is 4.48 Å². The second kappa shape index (κ2) is 5.27. The molecule has 2 aromatic rings. The highest BCUT2D eigenvalue weighted by Crippen LogP contribution is 2.39. The molecule has 0 saturated carbocycles. The number of hydrogen-bond donors (Lipinski definition) is 0. The molecular weight excluding hydrogens is 356 g/mol. The van der Waals surface area contributed by atoms with E-state index in [9.17, 15) is 4.32 Å². The van der Waals surface area contributed by atoms with Crippen LogP contribution < -0.4 is 0 Å². The summed E-state index contributed by atoms with van der Waals surface area (Å²) in [5.41, 5.74) is 4.28. The van der Waals surface area contributed by atoms with Crippen molar-refractivity contribution in [3.63, 3.8) is 0 Å². The molecule has 0 bridgehead atoms. The van der Waals surface area contributed by atoms with E-state index in [2.05, 4.69) is 0 Å². The van der Waals surface area contributed by atoms with Gasteiger partial charge in [0.25, 0.3) is 5.17 Å². The number of halogens is 4. The lowest BCUT2D eigenvalue weighted by atomic mass is 9.90. The van der Waals surface area contributed by atoms with Gasteiger partial charge in [-0.15, -0.1) is 0 Å². The van der Waals surface area contributed by atoms with Gasteiger partial charge in [0.05, 0.1) is 11.3 Å². The van der Waals surface area contributed by atoms with E-state index in [4.69, 9.17) is 34.8 Å². The predicted octanol–water partition coefficient (Wildman–Crippen LogP) is 4.81. The fourth-order valence-electron chi connectivity index (χ4n) is 2.98. The number of aromatic nitrogens is 1. The Kier molecular flexibility index (Phi) is 3.45. The molecule has 0 N–H and O–H groups in total. The van der Waals surface area contributed by atoms with E-state index in [1.54, 1.807) is 12.1 Å². The van der Waals surface area contributed by atoms with Crippen molar-refractivity contribution in [3.8, 4) is 0 Å². The molecule has 0 spiro atoms. The molecule has 4 rings (SSSR count). The SMILES string of the molecule is Cc1ccc(C2=C3C=C(Cl)C(Cl)=[N+]3B(F)n3c(Cl)ccc32)cc1. The fourth-order valence-corrected chi connectivity index (χ4v) is 3.63. The molecule has 114 valence electrons. The second-order valence-electron chi connectivity index (χ2n) is 5.50. The summed E-state index contributed by atoms with van der Waals surface area (Å²) >= 11 is 18.5. The molecule has 0 unspecified atom stereocenters. The molecule has 7 heteroatoms. The Morgan fingerprint density at radius 1 is 1.04 bits per heavy atom. The van der Waals surface area contributed by atoms with E-state index in [1.807, 2.05) is 37.3 Å². The van der Waals surface area contributed by atoms with E-state index < -0.39 is 7.26 Å². The van der Waals surface area contributed by atoms with Gasteiger partial charge in [-0.05, 0) is 36.2 Å². The van der Waals surface area contributed by atoms with Crippen molar-refractivity contribution >= 4 is 52.8 Å². The maximum Gasteiger partial charge on any atom is 0.848 e. The summed E-state index contributed by atoms with van der Waals surface area (Å²) in [6.45, 7) is 2.02. The molecule has 2 aliphatic heterocycles. The van der Waals surface area contributed by atoms with Crippen LogP contribution in [0.2, 0.25) is 5.15 Å². The summed E-state index contributed by atoms with van der Waals surface area (Å²) in [5.74, 6) is 0. The molecule has 2 aliphatic rings. The maximum atomic E-state index is 15.0. The highest BCUT2D eigenvalue weighted by Gasteiger charge is 2.51. The number of benzene rings is 1. The van der Waals surface area contributed by atoms with Crippen LogP contribution in [0, 0.1) is 6.92 Å². The molecule has 0 atom stereocenters. The number of aryl methyl sites for hydroxylation is 1. The molecular formula is C16H10BCl3FN2+. The molecule has 3 heterocycles. The van der Waals surface area contributed by atoms with Crippen molar-refractivity contribution in [2.75, 3.05) is 0 Å². The summed E-state index contributed by atoms with van der Waals surface area (Å²) in [5, 5.41) is 0.786. The lowest BCUT2D eigenvalue weighted by molar-refractivity contribution is -0.331. The zero-order chi connectivity index (χ0) is 16.3. The summed E-state index contributed by atoms with van der Waals surface area (Å²) in [6, 6.07) is 11.5. The third-order valence-corrected chi connectivity index (χ3v) is 5.16. The number of nitrogens with zero attached hydrogens (tertiary/aromatic N) is 2. The fraction of sp³-hybridized carbons (Fsp3) is 0.0625. The van der Waals surface area contributed by atoms with Crippen LogP contribution in [0.1, 0.15) is 16.8 Å². The Hall–Kier alpha value is -1.49. The van der Waals surface area contributed by atoms with E-state index >= 15 is 0 Å². The average Bonchev–Trinajstić information content (AvgIpc) is 3.03. The summed E-state index contributed by atoms with van der Waals surface area (Å²) in [4.78, 5) is 0. The van der Waals surface area contributed by atoms with Crippen LogP contribution in [0.3, 0.4) is 0 Å². The van der Waals surface area contributed by atoms with E-state index in [-0.39, 0.29) is 5.17 Å². The van der Waals surface area contributed by atoms with Crippen LogP contribution in [-0.2, 0) is 0 Å². The van der Waals surface area contributed by atoms with Gasteiger partial charge >= 0.3 is 7.26 Å². The number of rotatable bonds is 1. The Labute approximate surface area is 148 Å². The van der Waals surface area contributed by atoms with Gasteiger partial charge in [-0.1, -0.05) is 53.0 Å². The van der Waals surface area contributed by atoms with Crippen molar-refractivity contribution in [1.29, 1.82) is 0 Å². The zero-order valence-corrected chi connectivity index (χ0v) is 14.3. The van der Waals surface area contributed by atoms with Gasteiger partial charge in [-0.2, -0.15) is 0 Å². The molecule has 0 radical (unpaired) electrons. The van der Waals surface area contributed by atoms with Crippen LogP contribution in [-0.4, -0.2) is 21.4 Å². The lowest BCUT2D eigenvalue weighted by Gasteiger charge is -2.19. The van der Waals surface area contributed by atoms with Gasteiger partial charge in [0, 0.05) is 6.08 Å². The number of allylic oxidation sites excluding steroid dienone is 2. The Morgan fingerprint density at radius 3 is 2.43 bits per heavy atom. The highest BCUT2D eigenvalue weighted by molar-refractivity contribution is 6.76. The van der Waals surface area contributed by atoms with Crippen LogP contribution in [0.15, 0.2) is 53.2 Å². The first-order valence-corrected chi connectivity index (χ1v) is 8.14. The number of hydrogen-bond acceptors (Lipinski definition) is 0. The minimum atomic E-state index is -1.53. The normalized spacial score (nSPS) is 16.7. The highest BCUT2D eigenvalue weighted by atomic mass is 35.5. The van der Waals surface area contributed by atoms with Crippen LogP contribution in [0.5, 0.6) is 0 Å². The van der Waals surface area contributed by atoms with Crippen molar-refractivity contribution in [2.24, 2.45) is 0 Å². The largest absolute Gasteiger partial charge is 0.848 e. The topological polar surface area (TPSA) is 7.94 Å². The number of fused-ring (bicyclic) bond motifs is 2. The van der Waals surface area contributed by atoms with Gasteiger partial charge in [-0.3, -0.25) is 4.48 Å². The minimum absolute atomic E-state index is 0.161. The van der Waals surface area contributed by atoms with Gasteiger partial charge in [0.15, 0.2) is 5.70 Å². The summed E-state index contributed by atoms with van der Waals surface area (Å²) in [7, 11) is -1.53. The first kappa shape index (κ1) is 15.1. The van der Waals surface area contributed by atoms with Gasteiger partial charge in [0.2, 0.25) is 0 Å². The van der Waals surface area contributed by atoms with E-state index in [1.165, 1.54) is 8.96 Å². The lowest BCUT2D eigenvalue weighted by Crippen LogP contribution is -2.39. The van der Waals surface area contributed by atoms with E-state index in [0.29, 0.717) is 21.6 Å². The van der Waals surface area contributed by atoms with E-state index in [0.717, 1.165) is 16.7 Å². The molecule has 0 fully saturated rings. The van der Waals surface area contributed by atoms with Crippen LogP contribution in [0.4, 0.5) is 4.32 Å². The third-order valence-electron chi connectivity index (χ3n) is 4.08. The Balaban J connectivity index is 2.07. The Bertz CT molecular complexity index is 925. The predicted molar refractivity (Wildman–Crippen MR) is 94.0 cm³/mol. The minimum Gasteiger partial charge on any atom is -0.276 e.